The van der Waals surface area contributed by atoms with Gasteiger partial charge >= 0.3 is 5.97 Å². The van der Waals surface area contributed by atoms with E-state index in [1.54, 1.807) is 7.11 Å². The van der Waals surface area contributed by atoms with Crippen molar-refractivity contribution in [3.8, 4) is 0 Å². The summed E-state index contributed by atoms with van der Waals surface area (Å²) in [6, 6.07) is 0. The highest BCUT2D eigenvalue weighted by Gasteiger charge is 2.39. The minimum absolute atomic E-state index is 0.350. The summed E-state index contributed by atoms with van der Waals surface area (Å²) in [5, 5.41) is 12.6. The first-order valence-electron chi connectivity index (χ1n) is 6.08. The van der Waals surface area contributed by atoms with Gasteiger partial charge in [-0.25, -0.2) is 0 Å². The largest absolute Gasteiger partial charge is 0.480 e. The van der Waals surface area contributed by atoms with E-state index < -0.39 is 11.5 Å². The summed E-state index contributed by atoms with van der Waals surface area (Å²) < 4.78 is 5.05. The Balaban J connectivity index is 2.47. The third kappa shape index (κ3) is 3.46. The Hall–Kier alpha value is -0.610. The van der Waals surface area contributed by atoms with Gasteiger partial charge in [0.1, 0.15) is 5.54 Å². The quantitative estimate of drug-likeness (QED) is 0.727. The van der Waals surface area contributed by atoms with Crippen molar-refractivity contribution in [1.29, 1.82) is 0 Å². The molecular formula is C12H23NO3. The molecule has 0 saturated heterocycles. The van der Waals surface area contributed by atoms with Crippen LogP contribution in [0.3, 0.4) is 0 Å². The van der Waals surface area contributed by atoms with Crippen molar-refractivity contribution in [3.05, 3.63) is 0 Å². The minimum Gasteiger partial charge on any atom is -0.480 e. The van der Waals surface area contributed by atoms with Crippen LogP contribution in [0.15, 0.2) is 0 Å². The summed E-state index contributed by atoms with van der Waals surface area (Å²) in [6.45, 7) is 3.44. The van der Waals surface area contributed by atoms with Gasteiger partial charge in [-0.1, -0.05) is 26.2 Å². The maximum atomic E-state index is 11.4. The van der Waals surface area contributed by atoms with Gasteiger partial charge in [0.2, 0.25) is 0 Å². The number of carboxylic acid groups (broad SMARTS) is 1. The van der Waals surface area contributed by atoms with Gasteiger partial charge < -0.3 is 15.2 Å². The number of rotatable bonds is 6. The monoisotopic (exact) mass is 229 g/mol. The standard InChI is InChI=1S/C12H23NO3/c1-10(9-16-2)8-13-12(11(14)15)6-4-3-5-7-12/h10,13H,3-9H2,1-2H3,(H,14,15). The molecule has 1 aliphatic rings. The van der Waals surface area contributed by atoms with Crippen molar-refractivity contribution in [2.75, 3.05) is 20.3 Å². The Morgan fingerprint density at radius 1 is 1.44 bits per heavy atom. The third-order valence-corrected chi connectivity index (χ3v) is 3.36. The minimum atomic E-state index is -0.697. The smallest absolute Gasteiger partial charge is 0.323 e. The summed E-state index contributed by atoms with van der Waals surface area (Å²) >= 11 is 0. The fourth-order valence-corrected chi connectivity index (χ4v) is 2.33. The molecule has 0 radical (unpaired) electrons. The molecule has 0 aromatic heterocycles. The summed E-state index contributed by atoms with van der Waals surface area (Å²) in [6.07, 6.45) is 4.68. The zero-order valence-corrected chi connectivity index (χ0v) is 10.3. The van der Waals surface area contributed by atoms with E-state index in [0.29, 0.717) is 19.1 Å². The lowest BCUT2D eigenvalue weighted by Gasteiger charge is -2.35. The average Bonchev–Trinajstić information content (AvgIpc) is 2.28. The lowest BCUT2D eigenvalue weighted by Crippen LogP contribution is -2.54. The number of aliphatic carboxylic acids is 1. The van der Waals surface area contributed by atoms with Gasteiger partial charge in [0.15, 0.2) is 0 Å². The van der Waals surface area contributed by atoms with Crippen molar-refractivity contribution in [2.24, 2.45) is 5.92 Å². The third-order valence-electron chi connectivity index (χ3n) is 3.36. The predicted octanol–water partition coefficient (Wildman–Crippen LogP) is 1.65. The molecule has 1 atom stereocenters. The van der Waals surface area contributed by atoms with Crippen molar-refractivity contribution in [3.63, 3.8) is 0 Å². The average molecular weight is 229 g/mol. The lowest BCUT2D eigenvalue weighted by molar-refractivity contribution is -0.146. The van der Waals surface area contributed by atoms with Gasteiger partial charge in [0.05, 0.1) is 0 Å². The summed E-state index contributed by atoms with van der Waals surface area (Å²) in [5.41, 5.74) is -0.680. The van der Waals surface area contributed by atoms with Crippen LogP contribution in [0.5, 0.6) is 0 Å². The van der Waals surface area contributed by atoms with Gasteiger partial charge in [0, 0.05) is 20.3 Å². The molecular weight excluding hydrogens is 206 g/mol. The highest BCUT2D eigenvalue weighted by atomic mass is 16.5. The first-order valence-corrected chi connectivity index (χ1v) is 6.08. The van der Waals surface area contributed by atoms with Gasteiger partial charge in [-0.05, 0) is 18.8 Å². The zero-order valence-electron chi connectivity index (χ0n) is 10.3. The molecule has 0 aromatic rings. The van der Waals surface area contributed by atoms with Crippen molar-refractivity contribution in [2.45, 2.75) is 44.6 Å². The second-order valence-electron chi connectivity index (χ2n) is 4.89. The predicted molar refractivity (Wildman–Crippen MR) is 62.5 cm³/mol. The molecule has 0 amide bonds. The normalized spacial score (nSPS) is 21.6. The van der Waals surface area contributed by atoms with Gasteiger partial charge in [-0.15, -0.1) is 0 Å². The molecule has 0 bridgehead atoms. The van der Waals surface area contributed by atoms with Crippen LogP contribution in [0, 0.1) is 5.92 Å². The molecule has 1 saturated carbocycles. The highest BCUT2D eigenvalue weighted by molar-refractivity contribution is 5.78. The van der Waals surface area contributed by atoms with Crippen molar-refractivity contribution >= 4 is 5.97 Å². The molecule has 1 aliphatic carbocycles. The summed E-state index contributed by atoms with van der Waals surface area (Å²) in [7, 11) is 1.67. The van der Waals surface area contributed by atoms with E-state index in [4.69, 9.17) is 4.74 Å². The molecule has 4 heteroatoms. The van der Waals surface area contributed by atoms with E-state index in [9.17, 15) is 9.90 Å². The first-order chi connectivity index (χ1) is 7.60. The molecule has 0 heterocycles. The zero-order chi connectivity index (χ0) is 12.0. The number of carbonyl (C=O) groups is 1. The molecule has 1 rings (SSSR count). The van der Waals surface area contributed by atoms with E-state index in [1.807, 2.05) is 0 Å². The van der Waals surface area contributed by atoms with E-state index in [2.05, 4.69) is 12.2 Å². The van der Waals surface area contributed by atoms with Crippen LogP contribution in [0.1, 0.15) is 39.0 Å². The van der Waals surface area contributed by atoms with E-state index in [1.165, 1.54) is 0 Å². The fourth-order valence-electron chi connectivity index (χ4n) is 2.33. The SMILES string of the molecule is COCC(C)CNC1(C(=O)O)CCCCC1. The molecule has 0 aliphatic heterocycles. The van der Waals surface area contributed by atoms with Crippen LogP contribution in [-0.2, 0) is 9.53 Å². The first kappa shape index (κ1) is 13.5. The molecule has 16 heavy (non-hydrogen) atoms. The second-order valence-corrected chi connectivity index (χ2v) is 4.89. The lowest BCUT2D eigenvalue weighted by atomic mass is 9.81. The Bertz CT molecular complexity index is 224. The number of ether oxygens (including phenoxy) is 1. The van der Waals surface area contributed by atoms with Crippen LogP contribution >= 0.6 is 0 Å². The van der Waals surface area contributed by atoms with Crippen LogP contribution < -0.4 is 5.32 Å². The van der Waals surface area contributed by atoms with E-state index >= 15 is 0 Å². The number of hydrogen-bond acceptors (Lipinski definition) is 3. The number of carboxylic acids is 1. The maximum Gasteiger partial charge on any atom is 0.323 e. The number of methoxy groups -OCH3 is 1. The molecule has 1 fully saturated rings. The summed E-state index contributed by atoms with van der Waals surface area (Å²) in [5.74, 6) is -0.347. The van der Waals surface area contributed by atoms with Gasteiger partial charge in [0.25, 0.3) is 0 Å². The molecule has 1 unspecified atom stereocenters. The Kier molecular flexibility index (Phi) is 5.22. The van der Waals surface area contributed by atoms with Crippen LogP contribution in [0.2, 0.25) is 0 Å². The Morgan fingerprint density at radius 3 is 2.56 bits per heavy atom. The number of nitrogens with one attached hydrogen (secondary N) is 1. The van der Waals surface area contributed by atoms with Gasteiger partial charge in [-0.2, -0.15) is 0 Å². The van der Waals surface area contributed by atoms with E-state index in [-0.39, 0.29) is 0 Å². The van der Waals surface area contributed by atoms with E-state index in [0.717, 1.165) is 32.1 Å². The van der Waals surface area contributed by atoms with Crippen molar-refractivity contribution < 1.29 is 14.6 Å². The molecule has 94 valence electrons. The highest BCUT2D eigenvalue weighted by Crippen LogP contribution is 2.28. The molecule has 0 aromatic carbocycles. The Labute approximate surface area is 97.4 Å². The Morgan fingerprint density at radius 2 is 2.06 bits per heavy atom. The topological polar surface area (TPSA) is 58.6 Å². The fraction of sp³-hybridized carbons (Fsp3) is 0.917. The van der Waals surface area contributed by atoms with Gasteiger partial charge in [-0.3, -0.25) is 4.79 Å². The second kappa shape index (κ2) is 6.21. The summed E-state index contributed by atoms with van der Waals surface area (Å²) in [4.78, 5) is 11.4. The molecule has 4 nitrogen and oxygen atoms in total. The van der Waals surface area contributed by atoms with Crippen molar-refractivity contribution in [1.82, 2.24) is 5.32 Å². The maximum absolute atomic E-state index is 11.4. The van der Waals surface area contributed by atoms with Crippen LogP contribution in [0.25, 0.3) is 0 Å². The van der Waals surface area contributed by atoms with Crippen LogP contribution in [-0.4, -0.2) is 36.9 Å². The number of hydrogen-bond donors (Lipinski definition) is 2. The molecule has 2 N–H and O–H groups in total. The van der Waals surface area contributed by atoms with Crippen LogP contribution in [0.4, 0.5) is 0 Å². The molecule has 0 spiro atoms.